The molecule has 0 spiro atoms. The van der Waals surface area contributed by atoms with Crippen LogP contribution in [-0.2, 0) is 12.6 Å². The molecule has 0 radical (unpaired) electrons. The van der Waals surface area contributed by atoms with E-state index in [0.717, 1.165) is 9.64 Å². The summed E-state index contributed by atoms with van der Waals surface area (Å²) in [5, 5.41) is 0. The summed E-state index contributed by atoms with van der Waals surface area (Å²) in [4.78, 5) is 0. The Morgan fingerprint density at radius 2 is 1.76 bits per heavy atom. The van der Waals surface area contributed by atoms with E-state index in [0.29, 0.717) is 24.3 Å². The van der Waals surface area contributed by atoms with Crippen molar-refractivity contribution in [1.29, 1.82) is 0 Å². The van der Waals surface area contributed by atoms with Gasteiger partial charge in [0.2, 0.25) is 0 Å². The Bertz CT molecular complexity index is 629. The van der Waals surface area contributed by atoms with Crippen LogP contribution in [0.15, 0.2) is 42.5 Å². The lowest BCUT2D eigenvalue weighted by atomic mass is 10.1. The minimum absolute atomic E-state index is 0.201. The third-order valence-corrected chi connectivity index (χ3v) is 3.73. The first-order valence-corrected chi connectivity index (χ1v) is 7.32. The van der Waals surface area contributed by atoms with Crippen LogP contribution >= 0.6 is 22.6 Å². The molecule has 0 aromatic heterocycles. The zero-order valence-corrected chi connectivity index (χ0v) is 13.1. The molecular weight excluding hydrogens is 394 g/mol. The van der Waals surface area contributed by atoms with Crippen molar-refractivity contribution in [3.8, 4) is 11.5 Å². The standard InChI is InChI=1S/C15H13F3INO/c16-15(17,18)11-9-10(7-8-20)5-6-13(11)21-14-4-2-1-3-12(14)19/h1-6,9H,7-8,20H2. The summed E-state index contributed by atoms with van der Waals surface area (Å²) in [6.45, 7) is 0.300. The molecule has 2 N–H and O–H groups in total. The molecule has 112 valence electrons. The number of nitrogens with two attached hydrogens (primary N) is 1. The lowest BCUT2D eigenvalue weighted by molar-refractivity contribution is -0.138. The number of alkyl halides is 3. The highest BCUT2D eigenvalue weighted by molar-refractivity contribution is 14.1. The highest BCUT2D eigenvalue weighted by Gasteiger charge is 2.35. The summed E-state index contributed by atoms with van der Waals surface area (Å²) in [5.74, 6) is 0.197. The van der Waals surface area contributed by atoms with Crippen molar-refractivity contribution < 1.29 is 17.9 Å². The van der Waals surface area contributed by atoms with Crippen molar-refractivity contribution in [3.63, 3.8) is 0 Å². The Morgan fingerprint density at radius 1 is 1.05 bits per heavy atom. The summed E-state index contributed by atoms with van der Waals surface area (Å²) in [6, 6.07) is 11.0. The van der Waals surface area contributed by atoms with Gasteiger partial charge in [-0.3, -0.25) is 0 Å². The minimum Gasteiger partial charge on any atom is -0.456 e. The van der Waals surface area contributed by atoms with Gasteiger partial charge >= 0.3 is 6.18 Å². The van der Waals surface area contributed by atoms with Crippen molar-refractivity contribution in [2.24, 2.45) is 5.73 Å². The van der Waals surface area contributed by atoms with Gasteiger partial charge < -0.3 is 10.5 Å². The summed E-state index contributed by atoms with van der Waals surface area (Å²) >= 11 is 2.02. The molecule has 0 bridgehead atoms. The molecule has 2 aromatic rings. The average Bonchev–Trinajstić information content (AvgIpc) is 2.42. The predicted molar refractivity (Wildman–Crippen MR) is 83.4 cm³/mol. The maximum Gasteiger partial charge on any atom is 0.419 e. The third kappa shape index (κ3) is 4.10. The lowest BCUT2D eigenvalue weighted by Gasteiger charge is -2.15. The van der Waals surface area contributed by atoms with Gasteiger partial charge in [0, 0.05) is 0 Å². The summed E-state index contributed by atoms with van der Waals surface area (Å²) < 4.78 is 45.7. The molecule has 0 saturated heterocycles. The number of hydrogen-bond acceptors (Lipinski definition) is 2. The fourth-order valence-electron chi connectivity index (χ4n) is 1.86. The van der Waals surface area contributed by atoms with Crippen molar-refractivity contribution >= 4 is 22.6 Å². The third-order valence-electron chi connectivity index (χ3n) is 2.84. The van der Waals surface area contributed by atoms with Crippen LogP contribution in [0.2, 0.25) is 0 Å². The second-order valence-corrected chi connectivity index (χ2v) is 5.56. The molecule has 0 atom stereocenters. The van der Waals surface area contributed by atoms with E-state index in [1.807, 2.05) is 22.6 Å². The van der Waals surface area contributed by atoms with Gasteiger partial charge in [-0.05, 0) is 65.4 Å². The van der Waals surface area contributed by atoms with Gasteiger partial charge in [0.1, 0.15) is 11.5 Å². The second-order valence-electron chi connectivity index (χ2n) is 4.40. The Kier molecular flexibility index (Phi) is 5.10. The molecule has 6 heteroatoms. The van der Waals surface area contributed by atoms with Crippen LogP contribution in [0.3, 0.4) is 0 Å². The SMILES string of the molecule is NCCc1ccc(Oc2ccccc2I)c(C(F)(F)F)c1. The Morgan fingerprint density at radius 3 is 2.38 bits per heavy atom. The highest BCUT2D eigenvalue weighted by atomic mass is 127. The van der Waals surface area contributed by atoms with E-state index in [1.54, 1.807) is 30.3 Å². The molecule has 21 heavy (non-hydrogen) atoms. The molecular formula is C15H13F3INO. The van der Waals surface area contributed by atoms with Gasteiger partial charge in [-0.2, -0.15) is 13.2 Å². The smallest absolute Gasteiger partial charge is 0.419 e. The van der Waals surface area contributed by atoms with Crippen LogP contribution in [0.1, 0.15) is 11.1 Å². The fourth-order valence-corrected chi connectivity index (χ4v) is 2.35. The number of benzene rings is 2. The first-order valence-electron chi connectivity index (χ1n) is 6.24. The molecule has 0 aliphatic rings. The van der Waals surface area contributed by atoms with E-state index >= 15 is 0 Å². The van der Waals surface area contributed by atoms with E-state index < -0.39 is 11.7 Å². The highest BCUT2D eigenvalue weighted by Crippen LogP contribution is 2.39. The first-order chi connectivity index (χ1) is 9.91. The summed E-state index contributed by atoms with van der Waals surface area (Å²) in [5.41, 5.74) is 5.15. The first kappa shape index (κ1) is 16.1. The molecule has 0 heterocycles. The number of hydrogen-bond donors (Lipinski definition) is 1. The van der Waals surface area contributed by atoms with Crippen LogP contribution in [0, 0.1) is 3.57 Å². The average molecular weight is 407 g/mol. The zero-order valence-electron chi connectivity index (χ0n) is 11.0. The minimum atomic E-state index is -4.47. The molecule has 2 nitrogen and oxygen atoms in total. The number of rotatable bonds is 4. The maximum absolute atomic E-state index is 13.2. The Hall–Kier alpha value is -1.28. The van der Waals surface area contributed by atoms with Crippen LogP contribution in [-0.4, -0.2) is 6.54 Å². The van der Waals surface area contributed by atoms with Crippen molar-refractivity contribution in [2.45, 2.75) is 12.6 Å². The molecule has 0 saturated carbocycles. The lowest BCUT2D eigenvalue weighted by Crippen LogP contribution is -2.10. The zero-order chi connectivity index (χ0) is 15.5. The van der Waals surface area contributed by atoms with Gasteiger partial charge in [0.15, 0.2) is 0 Å². The number of para-hydroxylation sites is 1. The quantitative estimate of drug-likeness (QED) is 0.752. The Labute approximate surface area is 134 Å². The molecule has 0 fully saturated rings. The van der Waals surface area contributed by atoms with Crippen LogP contribution in [0.5, 0.6) is 11.5 Å². The van der Waals surface area contributed by atoms with Crippen molar-refractivity contribution in [2.75, 3.05) is 6.54 Å². The van der Waals surface area contributed by atoms with Crippen LogP contribution < -0.4 is 10.5 Å². The van der Waals surface area contributed by atoms with Crippen molar-refractivity contribution in [3.05, 3.63) is 57.2 Å². The molecule has 0 aliphatic carbocycles. The number of halogens is 4. The fraction of sp³-hybridized carbons (Fsp3) is 0.200. The second kappa shape index (κ2) is 6.65. The van der Waals surface area contributed by atoms with Gasteiger partial charge in [0.05, 0.1) is 9.13 Å². The summed E-state index contributed by atoms with van der Waals surface area (Å²) in [7, 11) is 0. The van der Waals surface area contributed by atoms with E-state index in [9.17, 15) is 13.2 Å². The van der Waals surface area contributed by atoms with E-state index in [4.69, 9.17) is 10.5 Å². The monoisotopic (exact) mass is 407 g/mol. The molecule has 2 aromatic carbocycles. The van der Waals surface area contributed by atoms with Gasteiger partial charge in [0.25, 0.3) is 0 Å². The normalized spacial score (nSPS) is 11.5. The topological polar surface area (TPSA) is 35.2 Å². The van der Waals surface area contributed by atoms with Gasteiger partial charge in [-0.25, -0.2) is 0 Å². The van der Waals surface area contributed by atoms with E-state index in [2.05, 4.69) is 0 Å². The van der Waals surface area contributed by atoms with E-state index in [-0.39, 0.29) is 5.75 Å². The number of ether oxygens (including phenoxy) is 1. The Balaban J connectivity index is 2.41. The summed E-state index contributed by atoms with van der Waals surface area (Å²) in [6.07, 6.45) is -4.08. The van der Waals surface area contributed by atoms with E-state index in [1.165, 1.54) is 6.07 Å². The molecule has 0 amide bonds. The molecule has 2 rings (SSSR count). The molecule has 0 unspecified atom stereocenters. The van der Waals surface area contributed by atoms with Crippen molar-refractivity contribution in [1.82, 2.24) is 0 Å². The maximum atomic E-state index is 13.2. The van der Waals surface area contributed by atoms with Gasteiger partial charge in [-0.1, -0.05) is 18.2 Å². The largest absolute Gasteiger partial charge is 0.456 e. The van der Waals surface area contributed by atoms with Gasteiger partial charge in [-0.15, -0.1) is 0 Å². The van der Waals surface area contributed by atoms with Crippen LogP contribution in [0.25, 0.3) is 0 Å². The predicted octanol–water partition coefficient (Wildman–Crippen LogP) is 4.60. The van der Waals surface area contributed by atoms with Crippen LogP contribution in [0.4, 0.5) is 13.2 Å². The molecule has 0 aliphatic heterocycles.